The van der Waals surface area contributed by atoms with Crippen LogP contribution in [0, 0.1) is 0 Å². The summed E-state index contributed by atoms with van der Waals surface area (Å²) in [6, 6.07) is 14.6. The first-order valence-corrected chi connectivity index (χ1v) is 10.7. The Hall–Kier alpha value is -4.26. The van der Waals surface area contributed by atoms with Crippen molar-refractivity contribution in [2.45, 2.75) is 30.3 Å². The van der Waals surface area contributed by atoms with Crippen molar-refractivity contribution in [2.24, 2.45) is 0 Å². The quantitative estimate of drug-likeness (QED) is 0.391. The van der Waals surface area contributed by atoms with Crippen molar-refractivity contribution in [2.75, 3.05) is 6.61 Å². The van der Waals surface area contributed by atoms with Gasteiger partial charge in [0.1, 0.15) is 6.61 Å². The number of halogens is 4. The Morgan fingerprint density at radius 2 is 1.51 bits per heavy atom. The monoisotopic (exact) mass is 522 g/mol. The Labute approximate surface area is 205 Å². The zero-order chi connectivity index (χ0) is 26.8. The number of alkyl halides is 4. The number of ether oxygens (including phenoxy) is 3. The molecule has 9 nitrogen and oxygen atoms in total. The molecule has 2 heterocycles. The first-order chi connectivity index (χ1) is 17.5. The summed E-state index contributed by atoms with van der Waals surface area (Å²) in [5, 5.41) is 0. The maximum Gasteiger partial charge on any atom is 0.424 e. The van der Waals surface area contributed by atoms with Crippen LogP contribution in [0.1, 0.15) is 26.9 Å². The fourth-order valence-electron chi connectivity index (χ4n) is 3.77. The maximum absolute atomic E-state index is 15.7. The number of carbonyl (C=O) groups excluding carboxylic acids is 2. The molecule has 0 aliphatic carbocycles. The van der Waals surface area contributed by atoms with Crippen molar-refractivity contribution in [3.8, 4) is 0 Å². The van der Waals surface area contributed by atoms with Crippen molar-refractivity contribution >= 4 is 11.9 Å². The van der Waals surface area contributed by atoms with Gasteiger partial charge in [-0.3, -0.25) is 14.3 Å². The van der Waals surface area contributed by atoms with E-state index in [1.165, 1.54) is 54.6 Å². The molecule has 0 amide bonds. The van der Waals surface area contributed by atoms with Gasteiger partial charge in [-0.15, -0.1) is 0 Å². The normalized spacial score (nSPS) is 23.4. The Bertz CT molecular complexity index is 1390. The highest BCUT2D eigenvalue weighted by molar-refractivity contribution is 5.90. The largest absolute Gasteiger partial charge is 0.458 e. The molecule has 3 aromatic rings. The summed E-state index contributed by atoms with van der Waals surface area (Å²) in [6.07, 6.45) is -12.5. The lowest BCUT2D eigenvalue weighted by Crippen LogP contribution is -2.59. The van der Waals surface area contributed by atoms with Crippen LogP contribution < -0.4 is 11.2 Å². The average molecular weight is 522 g/mol. The van der Waals surface area contributed by atoms with Gasteiger partial charge in [-0.25, -0.2) is 18.8 Å². The van der Waals surface area contributed by atoms with Gasteiger partial charge in [0.05, 0.1) is 11.1 Å². The van der Waals surface area contributed by atoms with Gasteiger partial charge in [0.25, 0.3) is 5.56 Å². The minimum Gasteiger partial charge on any atom is -0.458 e. The SMILES string of the molecule is O=C(OC[C@@]1(C(F)(F)F)O[C@@H](n2ccc(=O)[nH]c2=O)[C@H](F)[C@@H]1OC(=O)c1ccccc1)c1ccccc1. The van der Waals surface area contributed by atoms with Gasteiger partial charge < -0.3 is 14.2 Å². The van der Waals surface area contributed by atoms with E-state index in [-0.39, 0.29) is 11.1 Å². The van der Waals surface area contributed by atoms with Crippen molar-refractivity contribution in [1.82, 2.24) is 9.55 Å². The van der Waals surface area contributed by atoms with Crippen LogP contribution in [0.15, 0.2) is 82.5 Å². The van der Waals surface area contributed by atoms with Crippen LogP contribution in [0.5, 0.6) is 0 Å². The van der Waals surface area contributed by atoms with E-state index in [4.69, 9.17) is 14.2 Å². The fraction of sp³-hybridized carbons (Fsp3) is 0.250. The van der Waals surface area contributed by atoms with Gasteiger partial charge in [0, 0.05) is 12.3 Å². The number of H-pyrrole nitrogens is 1. The number of esters is 2. The van der Waals surface area contributed by atoms with Crippen molar-refractivity contribution < 1.29 is 41.4 Å². The summed E-state index contributed by atoms with van der Waals surface area (Å²) in [6.45, 7) is -1.61. The van der Waals surface area contributed by atoms with Crippen LogP contribution in [0.4, 0.5) is 17.6 Å². The molecule has 1 saturated heterocycles. The molecule has 0 saturated carbocycles. The summed E-state index contributed by atoms with van der Waals surface area (Å²) in [7, 11) is 0. The van der Waals surface area contributed by atoms with E-state index >= 15 is 4.39 Å². The van der Waals surface area contributed by atoms with E-state index < -0.39 is 60.1 Å². The number of benzene rings is 2. The molecular formula is C24H18F4N2O7. The van der Waals surface area contributed by atoms with Crippen molar-refractivity contribution in [1.29, 1.82) is 0 Å². The lowest BCUT2D eigenvalue weighted by Gasteiger charge is -2.34. The van der Waals surface area contributed by atoms with Gasteiger partial charge in [0.2, 0.25) is 5.60 Å². The van der Waals surface area contributed by atoms with Gasteiger partial charge in [0.15, 0.2) is 18.5 Å². The molecule has 2 aromatic carbocycles. The molecule has 1 aromatic heterocycles. The highest BCUT2D eigenvalue weighted by atomic mass is 19.4. The fourth-order valence-corrected chi connectivity index (χ4v) is 3.77. The summed E-state index contributed by atoms with van der Waals surface area (Å²) in [5.74, 6) is -2.49. The van der Waals surface area contributed by atoms with Crippen molar-refractivity contribution in [3.63, 3.8) is 0 Å². The van der Waals surface area contributed by atoms with Crippen molar-refractivity contribution in [3.05, 3.63) is 105 Å². The second-order valence-electron chi connectivity index (χ2n) is 7.99. The maximum atomic E-state index is 15.7. The molecule has 37 heavy (non-hydrogen) atoms. The van der Waals surface area contributed by atoms with Gasteiger partial charge in [-0.1, -0.05) is 36.4 Å². The molecular weight excluding hydrogens is 504 g/mol. The number of hydrogen-bond donors (Lipinski definition) is 1. The molecule has 0 unspecified atom stereocenters. The van der Waals surface area contributed by atoms with Gasteiger partial charge in [-0.2, -0.15) is 13.2 Å². The minimum absolute atomic E-state index is 0.0964. The molecule has 0 bridgehead atoms. The van der Waals surface area contributed by atoms with E-state index in [1.54, 1.807) is 11.1 Å². The molecule has 194 valence electrons. The molecule has 1 aliphatic rings. The molecule has 4 atom stereocenters. The lowest BCUT2D eigenvalue weighted by atomic mass is 9.95. The summed E-state index contributed by atoms with van der Waals surface area (Å²) in [4.78, 5) is 50.4. The molecule has 13 heteroatoms. The number of hydrogen-bond acceptors (Lipinski definition) is 7. The molecule has 1 N–H and O–H groups in total. The van der Waals surface area contributed by atoms with Gasteiger partial charge >= 0.3 is 23.8 Å². The van der Waals surface area contributed by atoms with E-state index in [2.05, 4.69) is 0 Å². The smallest absolute Gasteiger partial charge is 0.424 e. The third-order valence-corrected chi connectivity index (χ3v) is 5.63. The number of nitrogens with zero attached hydrogens (tertiary/aromatic N) is 1. The van der Waals surface area contributed by atoms with E-state index in [0.29, 0.717) is 4.57 Å². The molecule has 0 radical (unpaired) electrons. The third-order valence-electron chi connectivity index (χ3n) is 5.63. The Morgan fingerprint density at radius 1 is 0.946 bits per heavy atom. The highest BCUT2D eigenvalue weighted by Gasteiger charge is 2.72. The first-order valence-electron chi connectivity index (χ1n) is 10.7. The van der Waals surface area contributed by atoms with Gasteiger partial charge in [-0.05, 0) is 24.3 Å². The number of aromatic amines is 1. The topological polar surface area (TPSA) is 117 Å². The predicted molar refractivity (Wildman–Crippen MR) is 117 cm³/mol. The molecule has 4 rings (SSSR count). The summed E-state index contributed by atoms with van der Waals surface area (Å²) in [5.41, 5.74) is -6.15. The van der Waals surface area contributed by atoms with Crippen LogP contribution in [-0.2, 0) is 14.2 Å². The lowest BCUT2D eigenvalue weighted by molar-refractivity contribution is -0.305. The van der Waals surface area contributed by atoms with Crippen LogP contribution in [-0.4, -0.2) is 52.1 Å². The predicted octanol–water partition coefficient (Wildman–Crippen LogP) is 2.79. The minimum atomic E-state index is -5.46. The number of carbonyl (C=O) groups is 2. The Kier molecular flexibility index (Phi) is 6.99. The van der Waals surface area contributed by atoms with Crippen LogP contribution in [0.25, 0.3) is 0 Å². The zero-order valence-corrected chi connectivity index (χ0v) is 18.7. The number of nitrogens with one attached hydrogen (secondary N) is 1. The second kappa shape index (κ2) is 10.0. The summed E-state index contributed by atoms with van der Waals surface area (Å²) >= 11 is 0. The summed E-state index contributed by atoms with van der Waals surface area (Å²) < 4.78 is 74.7. The molecule has 1 aliphatic heterocycles. The Morgan fingerprint density at radius 3 is 2.05 bits per heavy atom. The molecule has 1 fully saturated rings. The third kappa shape index (κ3) is 5.03. The zero-order valence-electron chi connectivity index (χ0n) is 18.7. The van der Waals surface area contributed by atoms with Crippen LogP contribution >= 0.6 is 0 Å². The highest BCUT2D eigenvalue weighted by Crippen LogP contribution is 2.49. The molecule has 0 spiro atoms. The second-order valence-corrected chi connectivity index (χ2v) is 7.99. The van der Waals surface area contributed by atoms with E-state index in [9.17, 15) is 32.3 Å². The Balaban J connectivity index is 1.75. The van der Waals surface area contributed by atoms with Crippen LogP contribution in [0.3, 0.4) is 0 Å². The number of aromatic nitrogens is 2. The van der Waals surface area contributed by atoms with E-state index in [1.807, 2.05) is 0 Å². The standard InChI is InChI=1S/C24H18F4N2O7/c25-17-18(36-21(33)15-9-5-2-6-10-15)23(24(26,27)28,13-35-20(32)14-7-3-1-4-8-14)37-19(17)30-12-11-16(31)29-22(30)34/h1-12,17-19H,13H2,(H,29,31,34)/t17-,18+,19-,23-/m1/s1. The van der Waals surface area contributed by atoms with Crippen LogP contribution in [0.2, 0.25) is 0 Å². The first kappa shape index (κ1) is 25.8. The number of rotatable bonds is 6. The van der Waals surface area contributed by atoms with E-state index in [0.717, 1.165) is 12.3 Å². The average Bonchev–Trinajstić information content (AvgIpc) is 3.16.